The van der Waals surface area contributed by atoms with Crippen molar-refractivity contribution >= 4 is 15.9 Å². The maximum Gasteiger partial charge on any atom is 0.126 e. The van der Waals surface area contributed by atoms with Crippen molar-refractivity contribution in [2.75, 3.05) is 26.9 Å². The van der Waals surface area contributed by atoms with Crippen molar-refractivity contribution in [1.82, 2.24) is 5.32 Å². The zero-order valence-corrected chi connectivity index (χ0v) is 13.8. The molecular formula is C16H22BrNO2. The number of benzene rings is 1. The Labute approximate surface area is 130 Å². The van der Waals surface area contributed by atoms with Crippen molar-refractivity contribution in [3.8, 4) is 18.1 Å². The number of methoxy groups -OCH3 is 1. The molecule has 0 radical (unpaired) electrons. The third kappa shape index (κ3) is 5.96. The van der Waals surface area contributed by atoms with Crippen molar-refractivity contribution in [2.45, 2.75) is 26.3 Å². The maximum absolute atomic E-state index is 5.89. The zero-order valence-electron chi connectivity index (χ0n) is 12.2. The third-order valence-corrected chi connectivity index (χ3v) is 3.28. The van der Waals surface area contributed by atoms with Crippen LogP contribution in [-0.4, -0.2) is 26.9 Å². The van der Waals surface area contributed by atoms with E-state index in [0.717, 1.165) is 47.3 Å². The Bertz CT molecular complexity index is 455. The van der Waals surface area contributed by atoms with E-state index in [1.807, 2.05) is 0 Å². The molecule has 0 aromatic heterocycles. The van der Waals surface area contributed by atoms with E-state index < -0.39 is 0 Å². The molecule has 0 unspecified atom stereocenters. The smallest absolute Gasteiger partial charge is 0.126 e. The summed E-state index contributed by atoms with van der Waals surface area (Å²) in [6.07, 6.45) is 6.87. The first-order chi connectivity index (χ1) is 9.69. The van der Waals surface area contributed by atoms with Crippen LogP contribution < -0.4 is 10.1 Å². The molecule has 1 N–H and O–H groups in total. The average Bonchev–Trinajstić information content (AvgIpc) is 2.41. The molecule has 0 fully saturated rings. The predicted octanol–water partition coefficient (Wildman–Crippen LogP) is 3.29. The normalized spacial score (nSPS) is 10.3. The van der Waals surface area contributed by atoms with Crippen LogP contribution in [0.1, 0.15) is 24.0 Å². The number of halogens is 1. The van der Waals surface area contributed by atoms with Crippen LogP contribution in [0.5, 0.6) is 5.75 Å². The molecule has 0 aliphatic rings. The van der Waals surface area contributed by atoms with E-state index in [0.29, 0.717) is 13.2 Å². The van der Waals surface area contributed by atoms with Gasteiger partial charge in [-0.2, -0.15) is 0 Å². The molecule has 1 aromatic carbocycles. The van der Waals surface area contributed by atoms with Crippen LogP contribution in [-0.2, 0) is 11.3 Å². The second-order valence-electron chi connectivity index (χ2n) is 4.54. The van der Waals surface area contributed by atoms with E-state index in [2.05, 4.69) is 46.2 Å². The Morgan fingerprint density at radius 3 is 2.85 bits per heavy atom. The molecule has 0 saturated heterocycles. The van der Waals surface area contributed by atoms with Crippen LogP contribution in [0.25, 0.3) is 0 Å². The fourth-order valence-corrected chi connectivity index (χ4v) is 2.50. The SMILES string of the molecule is C#CCCCOc1c(C)cc(Br)cc1CNCCOC. The minimum absolute atomic E-state index is 0.651. The van der Waals surface area contributed by atoms with Gasteiger partial charge in [0.1, 0.15) is 5.75 Å². The third-order valence-electron chi connectivity index (χ3n) is 2.83. The highest BCUT2D eigenvalue weighted by atomic mass is 79.9. The molecule has 1 rings (SSSR count). The molecule has 0 amide bonds. The van der Waals surface area contributed by atoms with E-state index >= 15 is 0 Å². The second-order valence-corrected chi connectivity index (χ2v) is 5.45. The van der Waals surface area contributed by atoms with Gasteiger partial charge in [-0.05, 0) is 31.0 Å². The molecule has 0 saturated carbocycles. The maximum atomic E-state index is 5.89. The first kappa shape index (κ1) is 17.0. The lowest BCUT2D eigenvalue weighted by atomic mass is 10.1. The minimum atomic E-state index is 0.651. The van der Waals surface area contributed by atoms with Crippen molar-refractivity contribution in [3.05, 3.63) is 27.7 Å². The van der Waals surface area contributed by atoms with Gasteiger partial charge in [-0.3, -0.25) is 0 Å². The van der Waals surface area contributed by atoms with Gasteiger partial charge in [0.25, 0.3) is 0 Å². The van der Waals surface area contributed by atoms with Crippen LogP contribution in [0.2, 0.25) is 0 Å². The van der Waals surface area contributed by atoms with Gasteiger partial charge < -0.3 is 14.8 Å². The lowest BCUT2D eigenvalue weighted by molar-refractivity contribution is 0.199. The standard InChI is InChI=1S/C16H22BrNO2/c1-4-5-6-8-20-16-13(2)10-15(17)11-14(16)12-18-7-9-19-3/h1,10-11,18H,5-9,12H2,2-3H3. The fraction of sp³-hybridized carbons (Fsp3) is 0.500. The molecule has 0 atom stereocenters. The molecule has 4 heteroatoms. The monoisotopic (exact) mass is 339 g/mol. The first-order valence-electron chi connectivity index (χ1n) is 6.74. The summed E-state index contributed by atoms with van der Waals surface area (Å²) in [5.74, 6) is 3.58. The number of unbranched alkanes of at least 4 members (excludes halogenated alkanes) is 1. The Morgan fingerprint density at radius 1 is 1.35 bits per heavy atom. The molecular weight excluding hydrogens is 318 g/mol. The van der Waals surface area contributed by atoms with E-state index in [1.165, 1.54) is 0 Å². The van der Waals surface area contributed by atoms with Crippen molar-refractivity contribution in [1.29, 1.82) is 0 Å². The number of terminal acetylenes is 1. The number of ether oxygens (including phenoxy) is 2. The lowest BCUT2D eigenvalue weighted by Gasteiger charge is -2.15. The van der Waals surface area contributed by atoms with Gasteiger partial charge in [0.15, 0.2) is 0 Å². The molecule has 0 heterocycles. The number of nitrogens with one attached hydrogen (secondary N) is 1. The van der Waals surface area contributed by atoms with Gasteiger partial charge in [0, 0.05) is 36.7 Å². The predicted molar refractivity (Wildman–Crippen MR) is 86.0 cm³/mol. The average molecular weight is 340 g/mol. The lowest BCUT2D eigenvalue weighted by Crippen LogP contribution is -2.19. The Morgan fingerprint density at radius 2 is 2.15 bits per heavy atom. The van der Waals surface area contributed by atoms with Gasteiger partial charge in [-0.1, -0.05) is 15.9 Å². The summed E-state index contributed by atoms with van der Waals surface area (Å²) < 4.78 is 12.0. The Balaban J connectivity index is 2.66. The molecule has 0 aliphatic heterocycles. The Kier molecular flexibility index (Phi) is 8.36. The fourth-order valence-electron chi connectivity index (χ4n) is 1.88. The number of hydrogen-bond acceptors (Lipinski definition) is 3. The summed E-state index contributed by atoms with van der Waals surface area (Å²) >= 11 is 3.53. The molecule has 0 spiro atoms. The summed E-state index contributed by atoms with van der Waals surface area (Å²) in [6.45, 7) is 4.98. The summed E-state index contributed by atoms with van der Waals surface area (Å²) in [4.78, 5) is 0. The molecule has 110 valence electrons. The highest BCUT2D eigenvalue weighted by Gasteiger charge is 2.09. The van der Waals surface area contributed by atoms with Crippen molar-refractivity contribution < 1.29 is 9.47 Å². The number of hydrogen-bond donors (Lipinski definition) is 1. The summed E-state index contributed by atoms with van der Waals surface area (Å²) in [5, 5.41) is 3.34. The van der Waals surface area contributed by atoms with Crippen LogP contribution in [0, 0.1) is 19.3 Å². The van der Waals surface area contributed by atoms with Crippen molar-refractivity contribution in [2.24, 2.45) is 0 Å². The van der Waals surface area contributed by atoms with E-state index in [-0.39, 0.29) is 0 Å². The molecule has 20 heavy (non-hydrogen) atoms. The number of aryl methyl sites for hydroxylation is 1. The van der Waals surface area contributed by atoms with Crippen molar-refractivity contribution in [3.63, 3.8) is 0 Å². The summed E-state index contributed by atoms with van der Waals surface area (Å²) in [7, 11) is 1.70. The molecule has 1 aromatic rings. The quantitative estimate of drug-likeness (QED) is 0.553. The van der Waals surface area contributed by atoms with Crippen LogP contribution >= 0.6 is 15.9 Å². The molecule has 3 nitrogen and oxygen atoms in total. The molecule has 0 bridgehead atoms. The van der Waals surface area contributed by atoms with E-state index in [4.69, 9.17) is 15.9 Å². The molecule has 0 aliphatic carbocycles. The second kappa shape index (κ2) is 9.82. The highest BCUT2D eigenvalue weighted by Crippen LogP contribution is 2.28. The topological polar surface area (TPSA) is 30.5 Å². The van der Waals surface area contributed by atoms with Gasteiger partial charge in [0.2, 0.25) is 0 Å². The van der Waals surface area contributed by atoms with Crippen LogP contribution in [0.15, 0.2) is 16.6 Å². The summed E-state index contributed by atoms with van der Waals surface area (Å²) in [6, 6.07) is 4.15. The zero-order chi connectivity index (χ0) is 14.8. The largest absolute Gasteiger partial charge is 0.493 e. The highest BCUT2D eigenvalue weighted by molar-refractivity contribution is 9.10. The van der Waals surface area contributed by atoms with Gasteiger partial charge in [0.05, 0.1) is 13.2 Å². The minimum Gasteiger partial charge on any atom is -0.493 e. The summed E-state index contributed by atoms with van der Waals surface area (Å²) in [5.41, 5.74) is 2.28. The Hall–Kier alpha value is -1.02. The van der Waals surface area contributed by atoms with E-state index in [1.54, 1.807) is 7.11 Å². The van der Waals surface area contributed by atoms with E-state index in [9.17, 15) is 0 Å². The first-order valence-corrected chi connectivity index (χ1v) is 7.53. The number of rotatable bonds is 9. The van der Waals surface area contributed by atoms with Crippen LogP contribution in [0.3, 0.4) is 0 Å². The van der Waals surface area contributed by atoms with Gasteiger partial charge >= 0.3 is 0 Å². The van der Waals surface area contributed by atoms with Gasteiger partial charge in [-0.15, -0.1) is 12.3 Å². The van der Waals surface area contributed by atoms with Crippen LogP contribution in [0.4, 0.5) is 0 Å². The van der Waals surface area contributed by atoms with Gasteiger partial charge in [-0.25, -0.2) is 0 Å².